The highest BCUT2D eigenvalue weighted by Gasteiger charge is 2.45. The SMILES string of the molecule is COC(=O)c1ccc(OCCCN(C(=O)OC(C)(C)C)C2CC2c2ccccc2)cc1. The molecular weight excluding hydrogens is 394 g/mol. The molecule has 1 saturated carbocycles. The molecule has 1 aliphatic carbocycles. The first-order valence-electron chi connectivity index (χ1n) is 10.6. The van der Waals surface area contributed by atoms with Crippen molar-refractivity contribution < 1.29 is 23.8 Å². The van der Waals surface area contributed by atoms with Crippen molar-refractivity contribution in [1.82, 2.24) is 4.90 Å². The Bertz CT molecular complexity index is 873. The molecular formula is C25H31NO5. The number of carbonyl (C=O) groups excluding carboxylic acids is 2. The van der Waals surface area contributed by atoms with Crippen LogP contribution in [0.15, 0.2) is 54.6 Å². The summed E-state index contributed by atoms with van der Waals surface area (Å²) in [6.45, 7) is 6.66. The molecule has 31 heavy (non-hydrogen) atoms. The van der Waals surface area contributed by atoms with E-state index in [2.05, 4.69) is 12.1 Å². The van der Waals surface area contributed by atoms with E-state index in [0.29, 0.717) is 36.8 Å². The summed E-state index contributed by atoms with van der Waals surface area (Å²) < 4.78 is 16.1. The maximum atomic E-state index is 12.8. The van der Waals surface area contributed by atoms with Gasteiger partial charge >= 0.3 is 12.1 Å². The average Bonchev–Trinajstić information content (AvgIpc) is 3.53. The summed E-state index contributed by atoms with van der Waals surface area (Å²) in [6, 6.07) is 17.3. The number of methoxy groups -OCH3 is 1. The van der Waals surface area contributed by atoms with Crippen molar-refractivity contribution in [3.05, 3.63) is 65.7 Å². The van der Waals surface area contributed by atoms with Crippen LogP contribution >= 0.6 is 0 Å². The summed E-state index contributed by atoms with van der Waals surface area (Å²) in [6.07, 6.45) is 1.34. The van der Waals surface area contributed by atoms with Crippen molar-refractivity contribution in [1.29, 1.82) is 0 Å². The van der Waals surface area contributed by atoms with E-state index >= 15 is 0 Å². The van der Waals surface area contributed by atoms with Crippen LogP contribution in [0.2, 0.25) is 0 Å². The predicted octanol–water partition coefficient (Wildman–Crippen LogP) is 5.04. The van der Waals surface area contributed by atoms with Crippen LogP contribution in [0.25, 0.3) is 0 Å². The predicted molar refractivity (Wildman–Crippen MR) is 118 cm³/mol. The molecule has 6 nitrogen and oxygen atoms in total. The standard InChI is InChI=1S/C25H31NO5/c1-25(2,3)31-24(28)26(22-17-21(22)18-9-6-5-7-10-18)15-8-16-30-20-13-11-19(12-14-20)23(27)29-4/h5-7,9-14,21-22H,8,15-17H2,1-4H3. The first kappa shape index (κ1) is 22.7. The molecule has 0 heterocycles. The summed E-state index contributed by atoms with van der Waals surface area (Å²) in [4.78, 5) is 26.2. The Kier molecular flexibility index (Phi) is 7.21. The Balaban J connectivity index is 1.55. The summed E-state index contributed by atoms with van der Waals surface area (Å²) in [5.41, 5.74) is 1.19. The van der Waals surface area contributed by atoms with Crippen molar-refractivity contribution in [3.63, 3.8) is 0 Å². The van der Waals surface area contributed by atoms with Crippen LogP contribution < -0.4 is 4.74 Å². The Labute approximate surface area is 184 Å². The molecule has 2 atom stereocenters. The van der Waals surface area contributed by atoms with Crippen LogP contribution in [0.4, 0.5) is 4.79 Å². The van der Waals surface area contributed by atoms with Crippen molar-refractivity contribution in [2.75, 3.05) is 20.3 Å². The molecule has 0 radical (unpaired) electrons. The first-order valence-corrected chi connectivity index (χ1v) is 10.6. The van der Waals surface area contributed by atoms with Gasteiger partial charge in [0.15, 0.2) is 0 Å². The van der Waals surface area contributed by atoms with E-state index in [4.69, 9.17) is 14.2 Å². The topological polar surface area (TPSA) is 65.1 Å². The smallest absolute Gasteiger partial charge is 0.410 e. The number of nitrogens with zero attached hydrogens (tertiary/aromatic N) is 1. The molecule has 1 aliphatic rings. The molecule has 2 unspecified atom stereocenters. The lowest BCUT2D eigenvalue weighted by atomic mass is 10.1. The van der Waals surface area contributed by atoms with Gasteiger partial charge in [0.1, 0.15) is 11.4 Å². The van der Waals surface area contributed by atoms with E-state index in [-0.39, 0.29) is 18.1 Å². The zero-order valence-electron chi connectivity index (χ0n) is 18.7. The van der Waals surface area contributed by atoms with Gasteiger partial charge in [0.25, 0.3) is 0 Å². The molecule has 0 aromatic heterocycles. The van der Waals surface area contributed by atoms with Gasteiger partial charge in [0, 0.05) is 18.5 Å². The number of esters is 1. The fraction of sp³-hybridized carbons (Fsp3) is 0.440. The number of carbonyl (C=O) groups is 2. The van der Waals surface area contributed by atoms with Gasteiger partial charge in [-0.25, -0.2) is 9.59 Å². The number of benzene rings is 2. The van der Waals surface area contributed by atoms with Crippen LogP contribution in [-0.4, -0.2) is 48.9 Å². The normalized spacial score (nSPS) is 17.5. The fourth-order valence-electron chi connectivity index (χ4n) is 3.53. The third-order valence-corrected chi connectivity index (χ3v) is 5.10. The van der Waals surface area contributed by atoms with Gasteiger partial charge in [0.05, 0.1) is 19.3 Å². The van der Waals surface area contributed by atoms with Crippen LogP contribution in [0.1, 0.15) is 55.5 Å². The third-order valence-electron chi connectivity index (χ3n) is 5.10. The minimum absolute atomic E-state index is 0.150. The van der Waals surface area contributed by atoms with E-state index in [1.165, 1.54) is 12.7 Å². The van der Waals surface area contributed by atoms with E-state index in [0.717, 1.165) is 6.42 Å². The number of hydrogen-bond acceptors (Lipinski definition) is 5. The molecule has 2 aromatic rings. The maximum Gasteiger partial charge on any atom is 0.410 e. The second-order valence-electron chi connectivity index (χ2n) is 8.71. The lowest BCUT2D eigenvalue weighted by molar-refractivity contribution is 0.0221. The third kappa shape index (κ3) is 6.48. The number of rotatable bonds is 8. The molecule has 3 rings (SSSR count). The Hall–Kier alpha value is -3.02. The van der Waals surface area contributed by atoms with Crippen molar-refractivity contribution in [2.24, 2.45) is 0 Å². The highest BCUT2D eigenvalue weighted by Crippen LogP contribution is 2.45. The lowest BCUT2D eigenvalue weighted by Crippen LogP contribution is -2.39. The number of amides is 1. The largest absolute Gasteiger partial charge is 0.494 e. The summed E-state index contributed by atoms with van der Waals surface area (Å²) in [7, 11) is 1.35. The van der Waals surface area contributed by atoms with E-state index in [1.54, 1.807) is 24.3 Å². The zero-order chi connectivity index (χ0) is 22.4. The molecule has 0 spiro atoms. The summed E-state index contributed by atoms with van der Waals surface area (Å²) >= 11 is 0. The Morgan fingerprint density at radius 1 is 1.03 bits per heavy atom. The van der Waals surface area contributed by atoms with E-state index in [9.17, 15) is 9.59 Å². The first-order chi connectivity index (χ1) is 14.8. The monoisotopic (exact) mass is 425 g/mol. The maximum absolute atomic E-state index is 12.8. The Morgan fingerprint density at radius 3 is 2.32 bits per heavy atom. The van der Waals surface area contributed by atoms with Crippen LogP contribution in [-0.2, 0) is 9.47 Å². The molecule has 1 fully saturated rings. The molecule has 0 N–H and O–H groups in total. The van der Waals surface area contributed by atoms with Crippen molar-refractivity contribution in [2.45, 2.75) is 51.2 Å². The highest BCUT2D eigenvalue weighted by atomic mass is 16.6. The van der Waals surface area contributed by atoms with Gasteiger partial charge in [-0.2, -0.15) is 0 Å². The second-order valence-corrected chi connectivity index (χ2v) is 8.71. The summed E-state index contributed by atoms with van der Waals surface area (Å²) in [5, 5.41) is 0. The number of hydrogen-bond donors (Lipinski definition) is 0. The molecule has 0 saturated heterocycles. The van der Waals surface area contributed by atoms with Gasteiger partial charge in [-0.1, -0.05) is 30.3 Å². The number of ether oxygens (including phenoxy) is 3. The lowest BCUT2D eigenvalue weighted by Gasteiger charge is -2.28. The minimum Gasteiger partial charge on any atom is -0.494 e. The Morgan fingerprint density at radius 2 is 1.71 bits per heavy atom. The summed E-state index contributed by atoms with van der Waals surface area (Å²) in [5.74, 6) is 0.641. The van der Waals surface area contributed by atoms with Gasteiger partial charge in [-0.05, 0) is 63.4 Å². The van der Waals surface area contributed by atoms with Gasteiger partial charge < -0.3 is 19.1 Å². The van der Waals surface area contributed by atoms with Gasteiger partial charge in [-0.15, -0.1) is 0 Å². The van der Waals surface area contributed by atoms with Crippen LogP contribution in [0.5, 0.6) is 5.75 Å². The minimum atomic E-state index is -0.537. The highest BCUT2D eigenvalue weighted by molar-refractivity contribution is 5.89. The van der Waals surface area contributed by atoms with E-state index < -0.39 is 5.60 Å². The molecule has 166 valence electrons. The molecule has 6 heteroatoms. The molecule has 1 amide bonds. The quantitative estimate of drug-likeness (QED) is 0.438. The van der Waals surface area contributed by atoms with Gasteiger partial charge in [-0.3, -0.25) is 0 Å². The van der Waals surface area contributed by atoms with Crippen molar-refractivity contribution in [3.8, 4) is 5.75 Å². The molecule has 2 aromatic carbocycles. The van der Waals surface area contributed by atoms with Gasteiger partial charge in [0.2, 0.25) is 0 Å². The molecule has 0 aliphatic heterocycles. The molecule has 0 bridgehead atoms. The van der Waals surface area contributed by atoms with Crippen LogP contribution in [0, 0.1) is 0 Å². The van der Waals surface area contributed by atoms with Crippen LogP contribution in [0.3, 0.4) is 0 Å². The second kappa shape index (κ2) is 9.86. The zero-order valence-corrected chi connectivity index (χ0v) is 18.7. The van der Waals surface area contributed by atoms with E-state index in [1.807, 2.05) is 43.9 Å². The average molecular weight is 426 g/mol. The van der Waals surface area contributed by atoms with Crippen molar-refractivity contribution >= 4 is 12.1 Å². The fourth-order valence-corrected chi connectivity index (χ4v) is 3.53.